The fraction of sp³-hybridized carbons (Fsp3) is 0. The Morgan fingerprint density at radius 3 is 2.30 bits per heavy atom. The number of benzene rings is 1. The van der Waals surface area contributed by atoms with Gasteiger partial charge in [0.15, 0.2) is 0 Å². The summed E-state index contributed by atoms with van der Waals surface area (Å²) in [6, 6.07) is 7.60. The Balaban J connectivity index is 0.000000810. The van der Waals surface area contributed by atoms with Crippen LogP contribution in [0.4, 0.5) is 4.39 Å². The summed E-state index contributed by atoms with van der Waals surface area (Å²) < 4.78 is 12.4. The lowest BCUT2D eigenvalue weighted by Gasteiger charge is -1.86. The highest BCUT2D eigenvalue weighted by Crippen LogP contribution is 2.02. The van der Waals surface area contributed by atoms with E-state index in [4.69, 9.17) is 5.26 Å². The van der Waals surface area contributed by atoms with Crippen LogP contribution in [0.3, 0.4) is 0 Å². The van der Waals surface area contributed by atoms with E-state index in [9.17, 15) is 4.39 Å². The molecule has 0 amide bonds. The summed E-state index contributed by atoms with van der Waals surface area (Å²) >= 11 is 0. The van der Waals surface area contributed by atoms with E-state index in [0.29, 0.717) is 0 Å². The van der Waals surface area contributed by atoms with Crippen molar-refractivity contribution in [3.63, 3.8) is 0 Å². The van der Waals surface area contributed by atoms with Crippen molar-refractivity contribution >= 4 is 0 Å². The van der Waals surface area contributed by atoms with Crippen molar-refractivity contribution in [3.8, 4) is 6.07 Å². The normalized spacial score (nSPS) is 7.60. The fourth-order valence-electron chi connectivity index (χ4n) is 0.552. The minimum absolute atomic E-state index is 0. The summed E-state index contributed by atoms with van der Waals surface area (Å²) in [4.78, 5) is 0. The summed E-state index contributed by atoms with van der Waals surface area (Å²) in [5.41, 5.74) is 0.0949. The standard InChI is InChI=1S/C7H4FN.H2O/c8-7-4-2-1-3-6(7)5-9;/h1-4H;1H2. The van der Waals surface area contributed by atoms with Crippen LogP contribution in [0.25, 0.3) is 0 Å². The van der Waals surface area contributed by atoms with Gasteiger partial charge in [0.2, 0.25) is 0 Å². The zero-order valence-electron chi connectivity index (χ0n) is 5.13. The first kappa shape index (κ1) is 8.60. The van der Waals surface area contributed by atoms with Crippen molar-refractivity contribution in [2.45, 2.75) is 0 Å². The maximum atomic E-state index is 12.4. The second kappa shape index (κ2) is 3.59. The van der Waals surface area contributed by atoms with Crippen molar-refractivity contribution in [1.82, 2.24) is 0 Å². The lowest BCUT2D eigenvalue weighted by Crippen LogP contribution is -1.78. The zero-order valence-corrected chi connectivity index (χ0v) is 5.13. The van der Waals surface area contributed by atoms with Gasteiger partial charge in [-0.2, -0.15) is 5.26 Å². The summed E-state index contributed by atoms with van der Waals surface area (Å²) in [5, 5.41) is 8.23. The third kappa shape index (κ3) is 1.54. The van der Waals surface area contributed by atoms with Crippen molar-refractivity contribution in [3.05, 3.63) is 35.6 Å². The first-order chi connectivity index (χ1) is 4.34. The molecule has 0 atom stereocenters. The Bertz CT molecular complexity index is 254. The largest absolute Gasteiger partial charge is 0.412 e. The molecule has 1 rings (SSSR count). The third-order valence-electron chi connectivity index (χ3n) is 0.994. The monoisotopic (exact) mass is 139 g/mol. The van der Waals surface area contributed by atoms with E-state index in [1.807, 2.05) is 0 Å². The molecule has 0 aliphatic carbocycles. The van der Waals surface area contributed by atoms with Crippen LogP contribution >= 0.6 is 0 Å². The van der Waals surface area contributed by atoms with Crippen LogP contribution in [-0.4, -0.2) is 5.48 Å². The van der Waals surface area contributed by atoms with Gasteiger partial charge in [0, 0.05) is 0 Å². The summed E-state index contributed by atoms with van der Waals surface area (Å²) in [7, 11) is 0. The maximum Gasteiger partial charge on any atom is 0.140 e. The average Bonchev–Trinajstić information content (AvgIpc) is 1.89. The van der Waals surface area contributed by atoms with E-state index in [-0.39, 0.29) is 11.0 Å². The van der Waals surface area contributed by atoms with Gasteiger partial charge in [-0.3, -0.25) is 0 Å². The number of rotatable bonds is 0. The van der Waals surface area contributed by atoms with Crippen molar-refractivity contribution in [1.29, 1.82) is 5.26 Å². The van der Waals surface area contributed by atoms with E-state index < -0.39 is 5.82 Å². The molecule has 0 heterocycles. The molecule has 0 spiro atoms. The van der Waals surface area contributed by atoms with E-state index in [1.165, 1.54) is 12.1 Å². The molecule has 2 N–H and O–H groups in total. The van der Waals surface area contributed by atoms with E-state index >= 15 is 0 Å². The quantitative estimate of drug-likeness (QED) is 0.526. The average molecular weight is 139 g/mol. The molecule has 0 aliphatic heterocycles. The number of nitriles is 1. The van der Waals surface area contributed by atoms with Crippen molar-refractivity contribution in [2.24, 2.45) is 0 Å². The van der Waals surface area contributed by atoms with Gasteiger partial charge in [-0.05, 0) is 12.1 Å². The highest BCUT2D eigenvalue weighted by atomic mass is 19.1. The Morgan fingerprint density at radius 2 is 1.90 bits per heavy atom. The molecule has 0 aromatic heterocycles. The molecular weight excluding hydrogens is 133 g/mol. The maximum absolute atomic E-state index is 12.4. The van der Waals surface area contributed by atoms with E-state index in [1.54, 1.807) is 18.2 Å². The molecule has 2 nitrogen and oxygen atoms in total. The van der Waals surface area contributed by atoms with Crippen LogP contribution in [-0.2, 0) is 0 Å². The number of hydrogen-bond acceptors (Lipinski definition) is 1. The summed E-state index contributed by atoms with van der Waals surface area (Å²) in [6.45, 7) is 0. The van der Waals surface area contributed by atoms with Crippen LogP contribution in [0.15, 0.2) is 24.3 Å². The van der Waals surface area contributed by atoms with Crippen molar-refractivity contribution in [2.75, 3.05) is 0 Å². The predicted octanol–water partition coefficient (Wildman–Crippen LogP) is 0.873. The molecule has 10 heavy (non-hydrogen) atoms. The fourth-order valence-corrected chi connectivity index (χ4v) is 0.552. The molecule has 0 fully saturated rings. The van der Waals surface area contributed by atoms with Gasteiger partial charge in [0.25, 0.3) is 0 Å². The summed E-state index contributed by atoms with van der Waals surface area (Å²) in [5.74, 6) is -0.458. The molecule has 1 aromatic rings. The number of nitrogens with zero attached hydrogens (tertiary/aromatic N) is 1. The van der Waals surface area contributed by atoms with Gasteiger partial charge in [-0.15, -0.1) is 0 Å². The second-order valence-electron chi connectivity index (χ2n) is 1.59. The molecule has 52 valence electrons. The molecule has 0 radical (unpaired) electrons. The lowest BCUT2D eigenvalue weighted by atomic mass is 10.2. The topological polar surface area (TPSA) is 55.3 Å². The molecule has 0 saturated heterocycles. The second-order valence-corrected chi connectivity index (χ2v) is 1.59. The van der Waals surface area contributed by atoms with Gasteiger partial charge in [-0.25, -0.2) is 4.39 Å². The molecule has 0 unspecified atom stereocenters. The Kier molecular flexibility index (Phi) is 3.09. The highest BCUT2D eigenvalue weighted by Gasteiger charge is 1.94. The highest BCUT2D eigenvalue weighted by molar-refractivity contribution is 5.29. The minimum Gasteiger partial charge on any atom is -0.412 e. The van der Waals surface area contributed by atoms with Gasteiger partial charge in [-0.1, -0.05) is 12.1 Å². The molecule has 1 aromatic carbocycles. The first-order valence-electron chi connectivity index (χ1n) is 2.49. The Labute approximate surface area is 57.8 Å². The molecule has 0 bridgehead atoms. The molecular formula is C7H6FNO. The van der Waals surface area contributed by atoms with Crippen LogP contribution in [0, 0.1) is 17.1 Å². The van der Waals surface area contributed by atoms with Gasteiger partial charge in [0.1, 0.15) is 11.9 Å². The zero-order chi connectivity index (χ0) is 6.69. The van der Waals surface area contributed by atoms with Crippen LogP contribution in [0.2, 0.25) is 0 Å². The first-order valence-corrected chi connectivity index (χ1v) is 2.49. The van der Waals surface area contributed by atoms with Crippen molar-refractivity contribution < 1.29 is 9.87 Å². The van der Waals surface area contributed by atoms with Crippen LogP contribution < -0.4 is 0 Å². The van der Waals surface area contributed by atoms with Gasteiger partial charge in [0.05, 0.1) is 5.56 Å². The van der Waals surface area contributed by atoms with Gasteiger partial charge >= 0.3 is 0 Å². The number of hydrogen-bond donors (Lipinski definition) is 0. The molecule has 0 aliphatic rings. The summed E-state index contributed by atoms with van der Waals surface area (Å²) in [6.07, 6.45) is 0. The third-order valence-corrected chi connectivity index (χ3v) is 0.994. The SMILES string of the molecule is N#Cc1ccccc1F.O. The molecule has 0 saturated carbocycles. The lowest BCUT2D eigenvalue weighted by molar-refractivity contribution is 0.624. The van der Waals surface area contributed by atoms with E-state index in [0.717, 1.165) is 0 Å². The number of halogens is 1. The smallest absolute Gasteiger partial charge is 0.140 e. The molecule has 3 heteroatoms. The van der Waals surface area contributed by atoms with Crippen LogP contribution in [0.1, 0.15) is 5.56 Å². The van der Waals surface area contributed by atoms with E-state index in [2.05, 4.69) is 0 Å². The predicted molar refractivity (Wildman–Crippen MR) is 34.7 cm³/mol. The van der Waals surface area contributed by atoms with Gasteiger partial charge < -0.3 is 5.48 Å². The Hall–Kier alpha value is -1.40. The van der Waals surface area contributed by atoms with Crippen LogP contribution in [0.5, 0.6) is 0 Å². The minimum atomic E-state index is -0.458. The Morgan fingerprint density at radius 1 is 1.30 bits per heavy atom.